The van der Waals surface area contributed by atoms with E-state index in [1.54, 1.807) is 0 Å². The van der Waals surface area contributed by atoms with Crippen LogP contribution in [0.25, 0.3) is 0 Å². The Bertz CT molecular complexity index is 90.2. The van der Waals surface area contributed by atoms with Gasteiger partial charge in [-0.1, -0.05) is 46.3 Å². The Kier molecular flexibility index (Phi) is 5.38. The predicted octanol–water partition coefficient (Wildman–Crippen LogP) is 3.63. The lowest BCUT2D eigenvalue weighted by molar-refractivity contribution is 0.648. The standard InChI is InChI=1S/C10H20/c1-5-10(4)8-6-7-9(2)3/h6,8-10H,5,7H2,1-4H3/b8-6+/t10-/m0/s1. The Morgan fingerprint density at radius 2 is 1.80 bits per heavy atom. The van der Waals surface area contributed by atoms with Crippen LogP contribution in [0.3, 0.4) is 0 Å². The smallest absolute Gasteiger partial charge is 0.0265 e. The minimum absolute atomic E-state index is 0.763. The van der Waals surface area contributed by atoms with Crippen molar-refractivity contribution in [3.8, 4) is 0 Å². The second-order valence-corrected chi connectivity index (χ2v) is 3.44. The molecule has 0 N–H and O–H groups in total. The summed E-state index contributed by atoms with van der Waals surface area (Å²) in [6.45, 7) is 8.99. The van der Waals surface area contributed by atoms with E-state index in [2.05, 4.69) is 39.8 Å². The maximum atomic E-state index is 2.32. The van der Waals surface area contributed by atoms with Gasteiger partial charge < -0.3 is 0 Å². The maximum absolute atomic E-state index is 2.32. The molecule has 0 unspecified atom stereocenters. The van der Waals surface area contributed by atoms with E-state index in [1.807, 2.05) is 0 Å². The van der Waals surface area contributed by atoms with Gasteiger partial charge in [-0.25, -0.2) is 0 Å². The molecule has 0 saturated heterocycles. The van der Waals surface area contributed by atoms with Crippen LogP contribution in [0.5, 0.6) is 0 Å². The van der Waals surface area contributed by atoms with Gasteiger partial charge in [-0.2, -0.15) is 0 Å². The van der Waals surface area contributed by atoms with Crippen LogP contribution in [0.1, 0.15) is 40.5 Å². The Morgan fingerprint density at radius 1 is 1.20 bits per heavy atom. The van der Waals surface area contributed by atoms with Crippen LogP contribution in [0.15, 0.2) is 12.2 Å². The summed E-state index contributed by atoms with van der Waals surface area (Å²) < 4.78 is 0. The highest BCUT2D eigenvalue weighted by molar-refractivity contribution is 4.86. The van der Waals surface area contributed by atoms with Gasteiger partial charge in [0.2, 0.25) is 0 Å². The quantitative estimate of drug-likeness (QED) is 0.523. The predicted molar refractivity (Wildman–Crippen MR) is 48.1 cm³/mol. The highest BCUT2D eigenvalue weighted by atomic mass is 14.0. The lowest BCUT2D eigenvalue weighted by Crippen LogP contribution is -1.86. The van der Waals surface area contributed by atoms with Gasteiger partial charge in [-0.15, -0.1) is 0 Å². The fourth-order valence-corrected chi connectivity index (χ4v) is 0.719. The molecule has 0 aliphatic carbocycles. The minimum atomic E-state index is 0.763. The van der Waals surface area contributed by atoms with Crippen molar-refractivity contribution in [3.63, 3.8) is 0 Å². The van der Waals surface area contributed by atoms with Crippen molar-refractivity contribution < 1.29 is 0 Å². The minimum Gasteiger partial charge on any atom is -0.0880 e. The summed E-state index contributed by atoms with van der Waals surface area (Å²) in [6, 6.07) is 0. The molecule has 60 valence electrons. The van der Waals surface area contributed by atoms with Crippen molar-refractivity contribution in [1.82, 2.24) is 0 Å². The Labute approximate surface area is 65.3 Å². The monoisotopic (exact) mass is 140 g/mol. The largest absolute Gasteiger partial charge is 0.0880 e. The van der Waals surface area contributed by atoms with Crippen LogP contribution >= 0.6 is 0 Å². The first-order valence-corrected chi connectivity index (χ1v) is 4.33. The third kappa shape index (κ3) is 5.87. The summed E-state index contributed by atoms with van der Waals surface area (Å²) in [5, 5.41) is 0. The molecular formula is C10H20. The average Bonchev–Trinajstić information content (AvgIpc) is 1.87. The molecule has 0 nitrogen and oxygen atoms in total. The molecule has 0 amide bonds. The van der Waals surface area contributed by atoms with Gasteiger partial charge in [0.05, 0.1) is 0 Å². The van der Waals surface area contributed by atoms with Crippen LogP contribution in [-0.2, 0) is 0 Å². The van der Waals surface area contributed by atoms with Gasteiger partial charge in [0.15, 0.2) is 0 Å². The van der Waals surface area contributed by atoms with Crippen LogP contribution in [-0.4, -0.2) is 0 Å². The molecule has 0 saturated carbocycles. The van der Waals surface area contributed by atoms with E-state index in [-0.39, 0.29) is 0 Å². The fourth-order valence-electron chi connectivity index (χ4n) is 0.719. The molecule has 0 rings (SSSR count). The second-order valence-electron chi connectivity index (χ2n) is 3.44. The highest BCUT2D eigenvalue weighted by Gasteiger charge is 1.91. The molecule has 0 heteroatoms. The van der Waals surface area contributed by atoms with Gasteiger partial charge in [-0.05, 0) is 18.3 Å². The molecule has 10 heavy (non-hydrogen) atoms. The van der Waals surface area contributed by atoms with Crippen molar-refractivity contribution in [2.45, 2.75) is 40.5 Å². The molecule has 0 radical (unpaired) electrons. The van der Waals surface area contributed by atoms with Gasteiger partial charge in [0, 0.05) is 0 Å². The highest BCUT2D eigenvalue weighted by Crippen LogP contribution is 2.05. The molecule has 0 aromatic heterocycles. The van der Waals surface area contributed by atoms with Crippen LogP contribution in [0.4, 0.5) is 0 Å². The zero-order chi connectivity index (χ0) is 7.98. The van der Waals surface area contributed by atoms with Crippen molar-refractivity contribution >= 4 is 0 Å². The van der Waals surface area contributed by atoms with Crippen molar-refractivity contribution in [2.24, 2.45) is 11.8 Å². The van der Waals surface area contributed by atoms with E-state index in [1.165, 1.54) is 12.8 Å². The van der Waals surface area contributed by atoms with E-state index in [0.29, 0.717) is 0 Å². The Morgan fingerprint density at radius 3 is 2.20 bits per heavy atom. The average molecular weight is 140 g/mol. The molecule has 0 aromatic rings. The Balaban J connectivity index is 3.36. The van der Waals surface area contributed by atoms with E-state index in [9.17, 15) is 0 Å². The summed E-state index contributed by atoms with van der Waals surface area (Å²) in [5.74, 6) is 1.57. The summed E-state index contributed by atoms with van der Waals surface area (Å²) >= 11 is 0. The SMILES string of the molecule is CC[C@H](C)/C=C/CC(C)C. The lowest BCUT2D eigenvalue weighted by atomic mass is 10.1. The van der Waals surface area contributed by atoms with Gasteiger partial charge in [0.1, 0.15) is 0 Å². The van der Waals surface area contributed by atoms with Crippen molar-refractivity contribution in [3.05, 3.63) is 12.2 Å². The van der Waals surface area contributed by atoms with Gasteiger partial charge in [-0.3, -0.25) is 0 Å². The molecular weight excluding hydrogens is 120 g/mol. The third-order valence-corrected chi connectivity index (χ3v) is 1.72. The van der Waals surface area contributed by atoms with Gasteiger partial charge in [0.25, 0.3) is 0 Å². The van der Waals surface area contributed by atoms with Crippen molar-refractivity contribution in [1.29, 1.82) is 0 Å². The zero-order valence-electron chi connectivity index (χ0n) is 7.72. The molecule has 0 aromatic carbocycles. The van der Waals surface area contributed by atoms with Crippen LogP contribution in [0, 0.1) is 11.8 Å². The first-order valence-electron chi connectivity index (χ1n) is 4.33. The summed E-state index contributed by atoms with van der Waals surface area (Å²) in [7, 11) is 0. The van der Waals surface area contributed by atoms with Crippen LogP contribution < -0.4 is 0 Å². The molecule has 0 heterocycles. The number of allylic oxidation sites excluding steroid dienone is 2. The van der Waals surface area contributed by atoms with Crippen molar-refractivity contribution in [2.75, 3.05) is 0 Å². The van der Waals surface area contributed by atoms with E-state index < -0.39 is 0 Å². The van der Waals surface area contributed by atoms with Crippen LogP contribution in [0.2, 0.25) is 0 Å². The van der Waals surface area contributed by atoms with E-state index in [0.717, 1.165) is 11.8 Å². The maximum Gasteiger partial charge on any atom is -0.0265 e. The zero-order valence-corrected chi connectivity index (χ0v) is 7.72. The first kappa shape index (κ1) is 9.74. The molecule has 1 atom stereocenters. The lowest BCUT2D eigenvalue weighted by Gasteiger charge is -2.00. The fraction of sp³-hybridized carbons (Fsp3) is 0.800. The Hall–Kier alpha value is -0.260. The number of rotatable bonds is 4. The third-order valence-electron chi connectivity index (χ3n) is 1.72. The molecule has 0 fully saturated rings. The summed E-state index contributed by atoms with van der Waals surface area (Å²) in [5.41, 5.74) is 0. The van der Waals surface area contributed by atoms with E-state index in [4.69, 9.17) is 0 Å². The molecule has 0 aliphatic rings. The van der Waals surface area contributed by atoms with Gasteiger partial charge >= 0.3 is 0 Å². The molecule has 0 spiro atoms. The summed E-state index contributed by atoms with van der Waals surface area (Å²) in [4.78, 5) is 0. The molecule has 0 aliphatic heterocycles. The normalized spacial score (nSPS) is 14.9. The number of hydrogen-bond acceptors (Lipinski definition) is 0. The topological polar surface area (TPSA) is 0 Å². The second kappa shape index (κ2) is 5.52. The van der Waals surface area contributed by atoms with E-state index >= 15 is 0 Å². The summed E-state index contributed by atoms with van der Waals surface area (Å²) in [6.07, 6.45) is 7.11. The molecule has 0 bridgehead atoms. The first-order chi connectivity index (χ1) is 4.66. The number of hydrogen-bond donors (Lipinski definition) is 0.